The fraction of sp³-hybridized carbons (Fsp3) is 0.261. The zero-order chi connectivity index (χ0) is 22.0. The van der Waals surface area contributed by atoms with Gasteiger partial charge in [0, 0.05) is 36.3 Å². The molecule has 0 spiro atoms. The monoisotopic (exact) mass is 429 g/mol. The van der Waals surface area contributed by atoms with Crippen LogP contribution in [-0.2, 0) is 6.18 Å². The number of carbonyl (C=O) groups is 1. The van der Waals surface area contributed by atoms with Crippen LogP contribution in [0, 0.1) is 5.82 Å². The van der Waals surface area contributed by atoms with Crippen molar-refractivity contribution in [2.75, 3.05) is 13.1 Å². The maximum absolute atomic E-state index is 13.1. The molecule has 1 aliphatic rings. The number of aromatic nitrogens is 2. The van der Waals surface area contributed by atoms with Crippen LogP contribution in [0.1, 0.15) is 40.4 Å². The average molecular weight is 429 g/mol. The van der Waals surface area contributed by atoms with E-state index in [1.807, 2.05) is 0 Å². The molecule has 1 atom stereocenters. The highest BCUT2D eigenvalue weighted by Gasteiger charge is 2.31. The molecule has 1 aliphatic heterocycles. The number of benzene rings is 2. The molecule has 1 fully saturated rings. The van der Waals surface area contributed by atoms with Gasteiger partial charge in [-0.3, -0.25) is 9.78 Å². The summed E-state index contributed by atoms with van der Waals surface area (Å²) in [6, 6.07) is 10.4. The molecule has 0 N–H and O–H groups in total. The molecule has 2 aromatic carbocycles. The van der Waals surface area contributed by atoms with E-state index in [-0.39, 0.29) is 11.8 Å². The highest BCUT2D eigenvalue weighted by molar-refractivity contribution is 5.94. The van der Waals surface area contributed by atoms with E-state index in [2.05, 4.69) is 9.97 Å². The van der Waals surface area contributed by atoms with Crippen LogP contribution >= 0.6 is 0 Å². The van der Waals surface area contributed by atoms with Gasteiger partial charge < -0.3 is 4.90 Å². The molecule has 3 aromatic rings. The largest absolute Gasteiger partial charge is 0.416 e. The number of alkyl halides is 3. The van der Waals surface area contributed by atoms with Crippen LogP contribution in [0.5, 0.6) is 0 Å². The molecule has 1 amide bonds. The minimum Gasteiger partial charge on any atom is -0.338 e. The van der Waals surface area contributed by atoms with E-state index in [0.717, 1.165) is 25.0 Å². The standard InChI is InChI=1S/C23H19F4N3O/c24-19-8-6-15(7-9-19)22(31)30-10-2-4-17(14-30)21-13-28-12-20(29-21)16-3-1-5-18(11-16)23(25,26)27/h1,3,5-9,11-13,17H,2,4,10,14H2. The van der Waals surface area contributed by atoms with Crippen molar-refractivity contribution >= 4 is 5.91 Å². The van der Waals surface area contributed by atoms with Gasteiger partial charge in [-0.2, -0.15) is 13.2 Å². The van der Waals surface area contributed by atoms with Gasteiger partial charge in [0.05, 0.1) is 23.1 Å². The molecule has 160 valence electrons. The third kappa shape index (κ3) is 4.73. The molecule has 0 aliphatic carbocycles. The first kappa shape index (κ1) is 21.0. The Hall–Kier alpha value is -3.29. The number of nitrogens with zero attached hydrogens (tertiary/aromatic N) is 3. The van der Waals surface area contributed by atoms with Crippen molar-refractivity contribution in [1.82, 2.24) is 14.9 Å². The molecule has 2 heterocycles. The lowest BCUT2D eigenvalue weighted by molar-refractivity contribution is -0.137. The number of piperidine rings is 1. The lowest BCUT2D eigenvalue weighted by Gasteiger charge is -2.32. The topological polar surface area (TPSA) is 46.1 Å². The van der Waals surface area contributed by atoms with Crippen molar-refractivity contribution < 1.29 is 22.4 Å². The fourth-order valence-electron chi connectivity index (χ4n) is 3.75. The molecular formula is C23H19F4N3O. The summed E-state index contributed by atoms with van der Waals surface area (Å²) in [5, 5.41) is 0. The Kier molecular flexibility index (Phi) is 5.71. The van der Waals surface area contributed by atoms with E-state index in [9.17, 15) is 22.4 Å². The summed E-state index contributed by atoms with van der Waals surface area (Å²) in [6.45, 7) is 0.990. The first-order chi connectivity index (χ1) is 14.8. The quantitative estimate of drug-likeness (QED) is 0.530. The van der Waals surface area contributed by atoms with E-state index >= 15 is 0 Å². The van der Waals surface area contributed by atoms with Gasteiger partial charge in [-0.1, -0.05) is 12.1 Å². The molecule has 1 unspecified atom stereocenters. The lowest BCUT2D eigenvalue weighted by atomic mass is 9.94. The Morgan fingerprint density at radius 1 is 1.06 bits per heavy atom. The summed E-state index contributed by atoms with van der Waals surface area (Å²) >= 11 is 0. The minimum atomic E-state index is -4.44. The first-order valence-electron chi connectivity index (χ1n) is 9.85. The molecule has 0 bridgehead atoms. The molecule has 4 nitrogen and oxygen atoms in total. The van der Waals surface area contributed by atoms with Crippen LogP contribution in [0.2, 0.25) is 0 Å². The van der Waals surface area contributed by atoms with Crippen molar-refractivity contribution in [1.29, 1.82) is 0 Å². The third-order valence-corrected chi connectivity index (χ3v) is 5.36. The zero-order valence-electron chi connectivity index (χ0n) is 16.4. The van der Waals surface area contributed by atoms with Gasteiger partial charge in [0.25, 0.3) is 5.91 Å². The molecule has 8 heteroatoms. The molecule has 1 aromatic heterocycles. The Balaban J connectivity index is 1.55. The maximum atomic E-state index is 13.1. The predicted molar refractivity (Wildman–Crippen MR) is 107 cm³/mol. The van der Waals surface area contributed by atoms with Gasteiger partial charge >= 0.3 is 6.18 Å². The minimum absolute atomic E-state index is 0.0867. The van der Waals surface area contributed by atoms with Gasteiger partial charge in [-0.05, 0) is 49.2 Å². The Morgan fingerprint density at radius 2 is 1.84 bits per heavy atom. The van der Waals surface area contributed by atoms with Gasteiger partial charge in [-0.25, -0.2) is 9.37 Å². The molecule has 4 rings (SSSR count). The highest BCUT2D eigenvalue weighted by atomic mass is 19.4. The average Bonchev–Trinajstić information content (AvgIpc) is 2.79. The van der Waals surface area contributed by atoms with Crippen LogP contribution in [-0.4, -0.2) is 33.9 Å². The van der Waals surface area contributed by atoms with E-state index in [0.29, 0.717) is 35.6 Å². The van der Waals surface area contributed by atoms with Crippen molar-refractivity contribution in [3.05, 3.63) is 83.6 Å². The molecule has 0 saturated carbocycles. The molecule has 0 radical (unpaired) electrons. The van der Waals surface area contributed by atoms with Crippen molar-refractivity contribution in [2.45, 2.75) is 24.9 Å². The number of rotatable bonds is 3. The molecular weight excluding hydrogens is 410 g/mol. The number of hydrogen-bond acceptors (Lipinski definition) is 3. The number of amides is 1. The summed E-state index contributed by atoms with van der Waals surface area (Å²) in [7, 11) is 0. The summed E-state index contributed by atoms with van der Waals surface area (Å²) < 4.78 is 52.3. The number of halogens is 4. The highest BCUT2D eigenvalue weighted by Crippen LogP contribution is 2.32. The van der Waals surface area contributed by atoms with Crippen LogP contribution in [0.3, 0.4) is 0 Å². The number of carbonyl (C=O) groups excluding carboxylic acids is 1. The number of likely N-dealkylation sites (tertiary alicyclic amines) is 1. The predicted octanol–water partition coefficient (Wildman–Crippen LogP) is 5.32. The Morgan fingerprint density at radius 3 is 2.58 bits per heavy atom. The van der Waals surface area contributed by atoms with Crippen LogP contribution in [0.4, 0.5) is 17.6 Å². The Bertz CT molecular complexity index is 1080. The zero-order valence-corrected chi connectivity index (χ0v) is 16.4. The van der Waals surface area contributed by atoms with E-state index in [1.54, 1.807) is 17.2 Å². The number of hydrogen-bond donors (Lipinski definition) is 0. The van der Waals surface area contributed by atoms with Crippen LogP contribution in [0.25, 0.3) is 11.3 Å². The second-order valence-corrected chi connectivity index (χ2v) is 7.50. The van der Waals surface area contributed by atoms with Crippen LogP contribution < -0.4 is 0 Å². The summed E-state index contributed by atoms with van der Waals surface area (Å²) in [5.41, 5.74) is 0.980. The summed E-state index contributed by atoms with van der Waals surface area (Å²) in [5.74, 6) is -0.683. The van der Waals surface area contributed by atoms with Gasteiger partial charge in [0.15, 0.2) is 0 Å². The second-order valence-electron chi connectivity index (χ2n) is 7.50. The lowest BCUT2D eigenvalue weighted by Crippen LogP contribution is -2.39. The molecule has 31 heavy (non-hydrogen) atoms. The first-order valence-corrected chi connectivity index (χ1v) is 9.85. The second kappa shape index (κ2) is 8.45. The maximum Gasteiger partial charge on any atom is 0.416 e. The van der Waals surface area contributed by atoms with Gasteiger partial charge in [-0.15, -0.1) is 0 Å². The summed E-state index contributed by atoms with van der Waals surface area (Å²) in [6.07, 6.45) is 0.128. The van der Waals surface area contributed by atoms with Crippen LogP contribution in [0.15, 0.2) is 60.9 Å². The Labute approximate surface area is 176 Å². The van der Waals surface area contributed by atoms with Crippen molar-refractivity contribution in [2.24, 2.45) is 0 Å². The van der Waals surface area contributed by atoms with E-state index in [4.69, 9.17) is 0 Å². The third-order valence-electron chi connectivity index (χ3n) is 5.36. The smallest absolute Gasteiger partial charge is 0.338 e. The molecule has 1 saturated heterocycles. The van der Waals surface area contributed by atoms with E-state index < -0.39 is 17.6 Å². The normalized spacial score (nSPS) is 16.9. The van der Waals surface area contributed by atoms with Crippen molar-refractivity contribution in [3.8, 4) is 11.3 Å². The SMILES string of the molecule is O=C(c1ccc(F)cc1)N1CCCC(c2cncc(-c3cccc(C(F)(F)F)c3)n2)C1. The van der Waals surface area contributed by atoms with E-state index in [1.165, 1.54) is 36.5 Å². The summed E-state index contributed by atoms with van der Waals surface area (Å²) in [4.78, 5) is 23.2. The van der Waals surface area contributed by atoms with Crippen molar-refractivity contribution in [3.63, 3.8) is 0 Å². The van der Waals surface area contributed by atoms with Gasteiger partial charge in [0.1, 0.15) is 5.82 Å². The van der Waals surface area contributed by atoms with Gasteiger partial charge in [0.2, 0.25) is 0 Å². The fourth-order valence-corrected chi connectivity index (χ4v) is 3.75.